The SMILES string of the molecule is CCOC(=O)C1=C(CN(C)c2cccc(C#N)c2)NC(=O)N[C@@H]1c1ccc(OC)cc1. The van der Waals surface area contributed by atoms with Gasteiger partial charge in [-0.05, 0) is 42.8 Å². The van der Waals surface area contributed by atoms with Crippen molar-refractivity contribution in [1.29, 1.82) is 5.26 Å². The van der Waals surface area contributed by atoms with Crippen LogP contribution in [-0.2, 0) is 9.53 Å². The predicted octanol–water partition coefficient (Wildman–Crippen LogP) is 2.87. The monoisotopic (exact) mass is 420 g/mol. The third-order valence-corrected chi connectivity index (χ3v) is 4.91. The summed E-state index contributed by atoms with van der Waals surface area (Å²) in [6.07, 6.45) is 0. The largest absolute Gasteiger partial charge is 0.497 e. The van der Waals surface area contributed by atoms with Crippen LogP contribution in [0.15, 0.2) is 59.8 Å². The summed E-state index contributed by atoms with van der Waals surface area (Å²) >= 11 is 0. The van der Waals surface area contributed by atoms with E-state index >= 15 is 0 Å². The molecule has 0 saturated heterocycles. The van der Waals surface area contributed by atoms with E-state index in [-0.39, 0.29) is 13.2 Å². The lowest BCUT2D eigenvalue weighted by Crippen LogP contribution is -2.48. The zero-order valence-corrected chi connectivity index (χ0v) is 17.6. The topological polar surface area (TPSA) is 104 Å². The Labute approximate surface area is 181 Å². The molecule has 0 fully saturated rings. The number of nitriles is 1. The number of rotatable bonds is 7. The lowest BCUT2D eigenvalue weighted by Gasteiger charge is -2.31. The lowest BCUT2D eigenvalue weighted by molar-refractivity contribution is -0.139. The number of esters is 1. The molecule has 1 heterocycles. The van der Waals surface area contributed by atoms with Gasteiger partial charge >= 0.3 is 12.0 Å². The van der Waals surface area contributed by atoms with Crippen molar-refractivity contribution in [3.63, 3.8) is 0 Å². The van der Waals surface area contributed by atoms with E-state index in [9.17, 15) is 9.59 Å². The van der Waals surface area contributed by atoms with E-state index in [0.29, 0.717) is 22.6 Å². The Morgan fingerprint density at radius 1 is 1.23 bits per heavy atom. The van der Waals surface area contributed by atoms with Crippen molar-refractivity contribution in [2.45, 2.75) is 13.0 Å². The van der Waals surface area contributed by atoms with Gasteiger partial charge < -0.3 is 25.0 Å². The number of carbonyl (C=O) groups excluding carboxylic acids is 2. The average molecular weight is 420 g/mol. The van der Waals surface area contributed by atoms with Gasteiger partial charge in [0, 0.05) is 12.7 Å². The van der Waals surface area contributed by atoms with Gasteiger partial charge in [-0.3, -0.25) is 0 Å². The first kappa shape index (κ1) is 21.7. The number of ether oxygens (including phenoxy) is 2. The van der Waals surface area contributed by atoms with Crippen LogP contribution in [0.25, 0.3) is 0 Å². The Bertz CT molecular complexity index is 1040. The summed E-state index contributed by atoms with van der Waals surface area (Å²) in [4.78, 5) is 27.2. The molecule has 0 aromatic heterocycles. The highest BCUT2D eigenvalue weighted by molar-refractivity contribution is 5.95. The molecule has 2 aromatic carbocycles. The third kappa shape index (κ3) is 4.95. The first-order valence-electron chi connectivity index (χ1n) is 9.79. The second kappa shape index (κ2) is 9.67. The number of urea groups is 1. The fourth-order valence-corrected chi connectivity index (χ4v) is 3.38. The Morgan fingerprint density at radius 3 is 2.61 bits per heavy atom. The molecule has 160 valence electrons. The first-order chi connectivity index (χ1) is 15.0. The van der Waals surface area contributed by atoms with Crippen LogP contribution < -0.4 is 20.3 Å². The molecule has 2 aromatic rings. The molecule has 0 radical (unpaired) electrons. The summed E-state index contributed by atoms with van der Waals surface area (Å²) in [6.45, 7) is 2.18. The Morgan fingerprint density at radius 2 is 1.97 bits per heavy atom. The van der Waals surface area contributed by atoms with Crippen LogP contribution in [0.2, 0.25) is 0 Å². The molecule has 0 bridgehead atoms. The van der Waals surface area contributed by atoms with Crippen molar-refractivity contribution < 1.29 is 19.1 Å². The molecule has 0 saturated carbocycles. The van der Waals surface area contributed by atoms with Crippen LogP contribution in [0.1, 0.15) is 24.1 Å². The van der Waals surface area contributed by atoms with Gasteiger partial charge in [-0.15, -0.1) is 0 Å². The van der Waals surface area contributed by atoms with E-state index in [1.165, 1.54) is 0 Å². The number of amides is 2. The minimum absolute atomic E-state index is 0.207. The maximum absolute atomic E-state index is 12.9. The summed E-state index contributed by atoms with van der Waals surface area (Å²) < 4.78 is 10.5. The van der Waals surface area contributed by atoms with Crippen molar-refractivity contribution in [3.05, 3.63) is 70.9 Å². The van der Waals surface area contributed by atoms with Crippen molar-refractivity contribution >= 4 is 17.7 Å². The van der Waals surface area contributed by atoms with E-state index in [2.05, 4.69) is 16.7 Å². The molecule has 2 N–H and O–H groups in total. The fourth-order valence-electron chi connectivity index (χ4n) is 3.38. The molecule has 1 aliphatic heterocycles. The average Bonchev–Trinajstić information content (AvgIpc) is 2.78. The minimum Gasteiger partial charge on any atom is -0.497 e. The summed E-state index contributed by atoms with van der Waals surface area (Å²) in [6, 6.07) is 15.3. The maximum atomic E-state index is 12.9. The Hall–Kier alpha value is -3.99. The number of methoxy groups -OCH3 is 1. The number of nitrogens with zero attached hydrogens (tertiary/aromatic N) is 2. The molecule has 0 spiro atoms. The van der Waals surface area contributed by atoms with Crippen LogP contribution in [0.3, 0.4) is 0 Å². The molecule has 2 amide bonds. The van der Waals surface area contributed by atoms with Crippen molar-refractivity contribution in [3.8, 4) is 11.8 Å². The molecule has 1 atom stereocenters. The van der Waals surface area contributed by atoms with Gasteiger partial charge in [0.15, 0.2) is 0 Å². The molecule has 0 aliphatic carbocycles. The van der Waals surface area contributed by atoms with Gasteiger partial charge in [-0.25, -0.2) is 9.59 Å². The van der Waals surface area contributed by atoms with Gasteiger partial charge in [0.25, 0.3) is 0 Å². The van der Waals surface area contributed by atoms with Crippen LogP contribution in [-0.4, -0.2) is 39.3 Å². The lowest BCUT2D eigenvalue weighted by atomic mass is 9.95. The standard InChI is InChI=1S/C23H24N4O4/c1-4-31-22(28)20-19(14-27(2)17-7-5-6-15(12-17)13-24)25-23(29)26-21(20)16-8-10-18(30-3)11-9-16/h5-12,21H,4,14H2,1-3H3,(H2,25,26,29)/t21-/m1/s1. The second-order valence-electron chi connectivity index (χ2n) is 6.94. The normalized spacial score (nSPS) is 15.4. The molecule has 8 heteroatoms. The van der Waals surface area contributed by atoms with E-state index in [4.69, 9.17) is 14.7 Å². The molecule has 3 rings (SSSR count). The summed E-state index contributed by atoms with van der Waals surface area (Å²) in [5.74, 6) is 0.160. The number of nitrogens with one attached hydrogen (secondary N) is 2. The highest BCUT2D eigenvalue weighted by Crippen LogP contribution is 2.30. The van der Waals surface area contributed by atoms with Crippen molar-refractivity contribution in [2.75, 3.05) is 32.2 Å². The smallest absolute Gasteiger partial charge is 0.338 e. The van der Waals surface area contributed by atoms with Crippen molar-refractivity contribution in [2.24, 2.45) is 0 Å². The highest BCUT2D eigenvalue weighted by Gasteiger charge is 2.34. The zero-order valence-electron chi connectivity index (χ0n) is 17.6. The number of benzene rings is 2. The van der Waals surface area contributed by atoms with E-state index in [1.807, 2.05) is 18.0 Å². The quantitative estimate of drug-likeness (QED) is 0.668. The molecular weight excluding hydrogens is 396 g/mol. The maximum Gasteiger partial charge on any atom is 0.338 e. The van der Waals surface area contributed by atoms with Crippen LogP contribution in [0.4, 0.5) is 10.5 Å². The van der Waals surface area contributed by atoms with Gasteiger partial charge in [-0.2, -0.15) is 5.26 Å². The molecule has 0 unspecified atom stereocenters. The number of anilines is 1. The number of hydrogen-bond acceptors (Lipinski definition) is 6. The van der Waals surface area contributed by atoms with Gasteiger partial charge in [-0.1, -0.05) is 18.2 Å². The van der Waals surface area contributed by atoms with Gasteiger partial charge in [0.1, 0.15) is 5.75 Å². The van der Waals surface area contributed by atoms with Gasteiger partial charge in [0.05, 0.1) is 49.2 Å². The molecular formula is C23H24N4O4. The minimum atomic E-state index is -0.674. The molecule has 8 nitrogen and oxygen atoms in total. The molecule has 1 aliphatic rings. The Balaban J connectivity index is 2.01. The second-order valence-corrected chi connectivity index (χ2v) is 6.94. The van der Waals surface area contributed by atoms with Crippen molar-refractivity contribution in [1.82, 2.24) is 10.6 Å². The summed E-state index contributed by atoms with van der Waals surface area (Å²) in [7, 11) is 3.39. The number of hydrogen-bond donors (Lipinski definition) is 2. The zero-order chi connectivity index (χ0) is 22.4. The van der Waals surface area contributed by atoms with Crippen LogP contribution >= 0.6 is 0 Å². The third-order valence-electron chi connectivity index (χ3n) is 4.91. The van der Waals surface area contributed by atoms with Crippen LogP contribution in [0.5, 0.6) is 5.75 Å². The van der Waals surface area contributed by atoms with E-state index in [1.54, 1.807) is 56.5 Å². The highest BCUT2D eigenvalue weighted by atomic mass is 16.5. The van der Waals surface area contributed by atoms with E-state index in [0.717, 1.165) is 11.3 Å². The molecule has 31 heavy (non-hydrogen) atoms. The summed E-state index contributed by atoms with van der Waals surface area (Å²) in [5.41, 5.74) is 2.80. The fraction of sp³-hybridized carbons (Fsp3) is 0.261. The Kier molecular flexibility index (Phi) is 6.78. The number of carbonyl (C=O) groups is 2. The van der Waals surface area contributed by atoms with Crippen LogP contribution in [0, 0.1) is 11.3 Å². The first-order valence-corrected chi connectivity index (χ1v) is 9.79. The van der Waals surface area contributed by atoms with Gasteiger partial charge in [0.2, 0.25) is 0 Å². The predicted molar refractivity (Wildman–Crippen MR) is 115 cm³/mol. The summed E-state index contributed by atoms with van der Waals surface area (Å²) in [5, 5.41) is 14.7. The number of likely N-dealkylation sites (N-methyl/N-ethyl adjacent to an activating group) is 1. The van der Waals surface area contributed by atoms with E-state index < -0.39 is 18.0 Å².